The largest absolute Gasteiger partial charge is 0.507 e. The van der Waals surface area contributed by atoms with Gasteiger partial charge in [-0.25, -0.2) is 0 Å². The number of phenolic OH excluding ortho intramolecular Hbond substituents is 1. The molecule has 1 nitrogen and oxygen atoms in total. The molecule has 0 aromatic heterocycles. The van der Waals surface area contributed by atoms with Crippen LogP contribution >= 0.6 is 0 Å². The summed E-state index contributed by atoms with van der Waals surface area (Å²) in [6, 6.07) is 8.98. The third kappa shape index (κ3) is 1.44. The van der Waals surface area contributed by atoms with Crippen LogP contribution in [-0.4, -0.2) is 5.11 Å². The molecule has 0 spiro atoms. The first kappa shape index (κ1) is 9.99. The van der Waals surface area contributed by atoms with E-state index in [4.69, 9.17) is 0 Å². The zero-order chi connectivity index (χ0) is 11.5. The molecule has 0 saturated heterocycles. The van der Waals surface area contributed by atoms with Crippen molar-refractivity contribution >= 4 is 0 Å². The molecule has 4 saturated carbocycles. The molecule has 1 N–H and O–H groups in total. The van der Waals surface area contributed by atoms with Crippen molar-refractivity contribution in [2.24, 2.45) is 17.8 Å². The Hall–Kier alpha value is -0.980. The highest BCUT2D eigenvalue weighted by Gasteiger charge is 2.51. The van der Waals surface area contributed by atoms with Crippen LogP contribution < -0.4 is 0 Å². The second-order valence-electron chi connectivity index (χ2n) is 6.66. The normalized spacial score (nSPS) is 42.9. The Balaban J connectivity index is 1.74. The fraction of sp³-hybridized carbons (Fsp3) is 0.625. The Labute approximate surface area is 103 Å². The molecule has 4 fully saturated rings. The van der Waals surface area contributed by atoms with E-state index in [-0.39, 0.29) is 5.75 Å². The summed E-state index contributed by atoms with van der Waals surface area (Å²) in [5.41, 5.74) is 1.88. The topological polar surface area (TPSA) is 20.2 Å². The number of hydrogen-bond acceptors (Lipinski definition) is 1. The van der Waals surface area contributed by atoms with E-state index in [9.17, 15) is 5.11 Å². The molecule has 0 atom stereocenters. The van der Waals surface area contributed by atoms with E-state index in [2.05, 4.69) is 12.1 Å². The van der Waals surface area contributed by atoms with Gasteiger partial charge in [-0.2, -0.15) is 0 Å². The molecule has 4 aliphatic rings. The third-order valence-corrected chi connectivity index (χ3v) is 5.45. The lowest BCUT2D eigenvalue weighted by Crippen LogP contribution is -2.48. The zero-order valence-electron chi connectivity index (χ0n) is 10.2. The summed E-state index contributed by atoms with van der Waals surface area (Å²) in [6.45, 7) is 0. The predicted octanol–water partition coefficient (Wildman–Crippen LogP) is 3.66. The van der Waals surface area contributed by atoms with E-state index in [1.807, 2.05) is 12.1 Å². The fourth-order valence-corrected chi connectivity index (χ4v) is 5.21. The van der Waals surface area contributed by atoms with E-state index < -0.39 is 0 Å². The van der Waals surface area contributed by atoms with Crippen molar-refractivity contribution < 1.29 is 5.11 Å². The number of aromatic hydroxyl groups is 1. The van der Waals surface area contributed by atoms with Crippen LogP contribution in [0.3, 0.4) is 0 Å². The molecule has 1 radical (unpaired) electrons. The van der Waals surface area contributed by atoms with E-state index in [1.165, 1.54) is 44.1 Å². The molecule has 1 aromatic carbocycles. The Morgan fingerprint density at radius 3 is 2.06 bits per heavy atom. The second kappa shape index (κ2) is 3.28. The number of rotatable bonds is 1. The zero-order valence-corrected chi connectivity index (χ0v) is 10.2. The second-order valence-corrected chi connectivity index (χ2v) is 6.66. The SMILES string of the molecule is Oc1[c]cc(C23CC4CC(CC(C4)C2)C3)cc1. The van der Waals surface area contributed by atoms with Crippen molar-refractivity contribution in [2.45, 2.75) is 43.9 Å². The van der Waals surface area contributed by atoms with E-state index in [0.29, 0.717) is 5.41 Å². The summed E-state index contributed by atoms with van der Waals surface area (Å²) in [5, 5.41) is 9.38. The van der Waals surface area contributed by atoms with Gasteiger partial charge in [0.2, 0.25) is 0 Å². The van der Waals surface area contributed by atoms with Crippen molar-refractivity contribution in [1.29, 1.82) is 0 Å². The van der Waals surface area contributed by atoms with Gasteiger partial charge in [-0.15, -0.1) is 0 Å². The van der Waals surface area contributed by atoms with Gasteiger partial charge in [-0.1, -0.05) is 6.07 Å². The minimum atomic E-state index is 0.276. The average Bonchev–Trinajstić information content (AvgIpc) is 2.27. The summed E-state index contributed by atoms with van der Waals surface area (Å²) in [4.78, 5) is 0. The smallest absolute Gasteiger partial charge is 0.123 e. The molecule has 4 bridgehead atoms. The van der Waals surface area contributed by atoms with Crippen molar-refractivity contribution in [3.63, 3.8) is 0 Å². The van der Waals surface area contributed by atoms with Gasteiger partial charge in [0.1, 0.15) is 5.75 Å². The lowest BCUT2D eigenvalue weighted by atomic mass is 9.48. The van der Waals surface area contributed by atoms with Crippen LogP contribution in [0.15, 0.2) is 18.2 Å². The standard InChI is InChI=1S/C16H19O/c17-15-3-1-14(2-4-15)16-8-11-5-12(9-16)7-13(6-11)10-16/h1-3,11-13,17H,5-10H2. The Kier molecular flexibility index (Phi) is 1.93. The van der Waals surface area contributed by atoms with Crippen LogP contribution in [0.4, 0.5) is 0 Å². The van der Waals surface area contributed by atoms with Gasteiger partial charge in [0.05, 0.1) is 0 Å². The lowest BCUT2D eigenvalue weighted by Gasteiger charge is -2.57. The van der Waals surface area contributed by atoms with Crippen LogP contribution in [0.1, 0.15) is 44.1 Å². The first-order valence-electron chi connectivity index (χ1n) is 6.95. The quantitative estimate of drug-likeness (QED) is 0.776. The molecular weight excluding hydrogens is 208 g/mol. The maximum absolute atomic E-state index is 9.38. The molecule has 4 aliphatic carbocycles. The van der Waals surface area contributed by atoms with Gasteiger partial charge >= 0.3 is 0 Å². The number of benzene rings is 1. The molecule has 1 aromatic rings. The van der Waals surface area contributed by atoms with Gasteiger partial charge in [0, 0.05) is 6.07 Å². The highest BCUT2D eigenvalue weighted by molar-refractivity contribution is 5.33. The maximum Gasteiger partial charge on any atom is 0.123 e. The van der Waals surface area contributed by atoms with Crippen LogP contribution in [0.25, 0.3) is 0 Å². The number of phenols is 1. The van der Waals surface area contributed by atoms with Gasteiger partial charge in [0.25, 0.3) is 0 Å². The molecule has 1 heteroatoms. The Morgan fingerprint density at radius 2 is 1.59 bits per heavy atom. The summed E-state index contributed by atoms with van der Waals surface area (Å²) < 4.78 is 0. The first-order chi connectivity index (χ1) is 8.23. The van der Waals surface area contributed by atoms with E-state index in [0.717, 1.165) is 17.8 Å². The molecule has 0 heterocycles. The predicted molar refractivity (Wildman–Crippen MR) is 66.8 cm³/mol. The minimum absolute atomic E-state index is 0.276. The highest BCUT2D eigenvalue weighted by atomic mass is 16.3. The Bertz CT molecular complexity index is 396. The van der Waals surface area contributed by atoms with Crippen LogP contribution in [-0.2, 0) is 5.41 Å². The van der Waals surface area contributed by atoms with Crippen molar-refractivity contribution in [3.05, 3.63) is 29.8 Å². The van der Waals surface area contributed by atoms with Crippen LogP contribution in [0, 0.1) is 23.8 Å². The summed E-state index contributed by atoms with van der Waals surface area (Å²) >= 11 is 0. The lowest BCUT2D eigenvalue weighted by molar-refractivity contribution is -0.00521. The van der Waals surface area contributed by atoms with Gasteiger partial charge in [-0.05, 0) is 79.4 Å². The van der Waals surface area contributed by atoms with E-state index in [1.54, 1.807) is 0 Å². The molecule has 89 valence electrons. The molecular formula is C16H19O. The molecule has 17 heavy (non-hydrogen) atoms. The van der Waals surface area contributed by atoms with Gasteiger partial charge in [-0.3, -0.25) is 0 Å². The molecule has 0 amide bonds. The van der Waals surface area contributed by atoms with Crippen molar-refractivity contribution in [1.82, 2.24) is 0 Å². The monoisotopic (exact) mass is 227 g/mol. The average molecular weight is 227 g/mol. The van der Waals surface area contributed by atoms with Crippen LogP contribution in [0.5, 0.6) is 5.75 Å². The third-order valence-electron chi connectivity index (χ3n) is 5.45. The van der Waals surface area contributed by atoms with Crippen molar-refractivity contribution in [2.75, 3.05) is 0 Å². The molecule has 0 unspecified atom stereocenters. The summed E-state index contributed by atoms with van der Waals surface area (Å²) in [6.07, 6.45) is 8.62. The fourth-order valence-electron chi connectivity index (χ4n) is 5.21. The van der Waals surface area contributed by atoms with Crippen molar-refractivity contribution in [3.8, 4) is 5.75 Å². The Morgan fingerprint density at radius 1 is 1.00 bits per heavy atom. The minimum Gasteiger partial charge on any atom is -0.507 e. The molecule has 0 aliphatic heterocycles. The first-order valence-corrected chi connectivity index (χ1v) is 6.95. The number of hydrogen-bond donors (Lipinski definition) is 1. The summed E-state index contributed by atoms with van der Waals surface area (Å²) in [5.74, 6) is 3.22. The van der Waals surface area contributed by atoms with Gasteiger partial charge < -0.3 is 5.11 Å². The van der Waals surface area contributed by atoms with E-state index >= 15 is 0 Å². The highest BCUT2D eigenvalue weighted by Crippen LogP contribution is 2.60. The van der Waals surface area contributed by atoms with Gasteiger partial charge in [0.15, 0.2) is 0 Å². The summed E-state index contributed by atoms with van der Waals surface area (Å²) in [7, 11) is 0. The maximum atomic E-state index is 9.38. The molecule has 5 rings (SSSR count). The van der Waals surface area contributed by atoms with Crippen LogP contribution in [0.2, 0.25) is 0 Å².